The van der Waals surface area contributed by atoms with Gasteiger partial charge >= 0.3 is 5.91 Å². The minimum atomic E-state index is -0.504. The van der Waals surface area contributed by atoms with Crippen LogP contribution in [-0.4, -0.2) is 26.9 Å². The van der Waals surface area contributed by atoms with Gasteiger partial charge in [-0.3, -0.25) is 4.79 Å². The maximum atomic E-state index is 12.5. The standard InChI is InChI=1S/C22H16ClN5O/c23-18-11-7-8-16(14-18)15-24-26-22(29)20-25-21(17-9-3-1-4-10-17)28(27-20)19-12-5-2-6-13-19/h1-15H,(H,26,29)/b24-15+. The Hall–Kier alpha value is -3.77. The van der Waals surface area contributed by atoms with Crippen LogP contribution in [0.1, 0.15) is 16.2 Å². The Balaban J connectivity index is 1.62. The molecule has 0 aliphatic rings. The summed E-state index contributed by atoms with van der Waals surface area (Å²) in [6, 6.07) is 26.3. The second-order valence-corrected chi connectivity index (χ2v) is 6.56. The lowest BCUT2D eigenvalue weighted by Crippen LogP contribution is -2.19. The van der Waals surface area contributed by atoms with Crippen molar-refractivity contribution < 1.29 is 4.79 Å². The molecule has 0 atom stereocenters. The minimum Gasteiger partial charge on any atom is -0.264 e. The summed E-state index contributed by atoms with van der Waals surface area (Å²) >= 11 is 5.95. The summed E-state index contributed by atoms with van der Waals surface area (Å²) in [6.45, 7) is 0. The van der Waals surface area contributed by atoms with Crippen LogP contribution in [0.15, 0.2) is 90.0 Å². The lowest BCUT2D eigenvalue weighted by molar-refractivity contribution is 0.0945. The lowest BCUT2D eigenvalue weighted by Gasteiger charge is -2.05. The molecule has 1 amide bonds. The zero-order valence-corrected chi connectivity index (χ0v) is 16.0. The number of benzene rings is 3. The Morgan fingerprint density at radius 2 is 1.69 bits per heavy atom. The lowest BCUT2D eigenvalue weighted by atomic mass is 10.2. The fourth-order valence-corrected chi connectivity index (χ4v) is 2.93. The van der Waals surface area contributed by atoms with Crippen LogP contribution >= 0.6 is 11.6 Å². The predicted octanol–water partition coefficient (Wildman–Crippen LogP) is 4.35. The van der Waals surface area contributed by atoms with Crippen LogP contribution in [0.25, 0.3) is 17.1 Å². The topological polar surface area (TPSA) is 72.2 Å². The summed E-state index contributed by atoms with van der Waals surface area (Å²) in [5, 5.41) is 8.96. The summed E-state index contributed by atoms with van der Waals surface area (Å²) in [6.07, 6.45) is 1.51. The third-order valence-electron chi connectivity index (χ3n) is 4.07. The fraction of sp³-hybridized carbons (Fsp3) is 0. The third-order valence-corrected chi connectivity index (χ3v) is 4.31. The van der Waals surface area contributed by atoms with Crippen LogP contribution in [0.5, 0.6) is 0 Å². The highest BCUT2D eigenvalue weighted by molar-refractivity contribution is 6.30. The number of rotatable bonds is 5. The molecule has 0 saturated carbocycles. The summed E-state index contributed by atoms with van der Waals surface area (Å²) in [7, 11) is 0. The molecular formula is C22H16ClN5O. The van der Waals surface area contributed by atoms with Gasteiger partial charge in [0.2, 0.25) is 5.82 Å². The average molecular weight is 402 g/mol. The van der Waals surface area contributed by atoms with E-state index < -0.39 is 5.91 Å². The van der Waals surface area contributed by atoms with E-state index in [2.05, 4.69) is 20.6 Å². The van der Waals surface area contributed by atoms with Crippen molar-refractivity contribution in [3.63, 3.8) is 0 Å². The quantitative estimate of drug-likeness (QED) is 0.399. The van der Waals surface area contributed by atoms with Crippen molar-refractivity contribution in [2.75, 3.05) is 0 Å². The molecule has 0 bridgehead atoms. The molecule has 4 rings (SSSR count). The molecule has 0 aliphatic carbocycles. The molecule has 29 heavy (non-hydrogen) atoms. The highest BCUT2D eigenvalue weighted by atomic mass is 35.5. The monoisotopic (exact) mass is 401 g/mol. The number of para-hydroxylation sites is 1. The van der Waals surface area contributed by atoms with Crippen molar-refractivity contribution in [3.05, 3.63) is 101 Å². The van der Waals surface area contributed by atoms with Crippen molar-refractivity contribution in [2.45, 2.75) is 0 Å². The molecule has 4 aromatic rings. The van der Waals surface area contributed by atoms with Crippen molar-refractivity contribution in [3.8, 4) is 17.1 Å². The summed E-state index contributed by atoms with van der Waals surface area (Å²) in [4.78, 5) is 17.0. The Morgan fingerprint density at radius 3 is 2.41 bits per heavy atom. The highest BCUT2D eigenvalue weighted by Crippen LogP contribution is 2.20. The molecule has 0 aliphatic heterocycles. The number of hydrazone groups is 1. The normalized spacial score (nSPS) is 10.9. The van der Waals surface area contributed by atoms with Gasteiger partial charge < -0.3 is 0 Å². The molecule has 0 unspecified atom stereocenters. The van der Waals surface area contributed by atoms with E-state index in [1.165, 1.54) is 6.21 Å². The van der Waals surface area contributed by atoms with Crippen LogP contribution in [0, 0.1) is 0 Å². The fourth-order valence-electron chi connectivity index (χ4n) is 2.73. The molecule has 1 aromatic heterocycles. The maximum Gasteiger partial charge on any atom is 0.311 e. The zero-order chi connectivity index (χ0) is 20.1. The number of nitrogens with one attached hydrogen (secondary N) is 1. The van der Waals surface area contributed by atoms with Crippen LogP contribution in [-0.2, 0) is 0 Å². The van der Waals surface area contributed by atoms with E-state index in [1.54, 1.807) is 22.9 Å². The molecule has 3 aromatic carbocycles. The molecule has 0 fully saturated rings. The number of halogens is 1. The van der Waals surface area contributed by atoms with Gasteiger partial charge in [0.15, 0.2) is 5.82 Å². The molecule has 0 saturated heterocycles. The van der Waals surface area contributed by atoms with Gasteiger partial charge in [-0.25, -0.2) is 15.1 Å². The van der Waals surface area contributed by atoms with Crippen molar-refractivity contribution >= 4 is 23.7 Å². The van der Waals surface area contributed by atoms with Crippen molar-refractivity contribution in [1.29, 1.82) is 0 Å². The SMILES string of the molecule is O=C(N/N=C/c1cccc(Cl)c1)c1nc(-c2ccccc2)n(-c2ccccc2)n1. The molecule has 6 nitrogen and oxygen atoms in total. The molecular weight excluding hydrogens is 386 g/mol. The first-order chi connectivity index (χ1) is 14.2. The van der Waals surface area contributed by atoms with E-state index in [4.69, 9.17) is 11.6 Å². The van der Waals surface area contributed by atoms with E-state index in [0.29, 0.717) is 10.8 Å². The number of hydrogen-bond acceptors (Lipinski definition) is 4. The van der Waals surface area contributed by atoms with Crippen LogP contribution in [0.4, 0.5) is 0 Å². The molecule has 7 heteroatoms. The van der Waals surface area contributed by atoms with Gasteiger partial charge in [-0.2, -0.15) is 5.10 Å². The Kier molecular flexibility index (Phi) is 5.45. The first kappa shape index (κ1) is 18.6. The smallest absolute Gasteiger partial charge is 0.264 e. The summed E-state index contributed by atoms with van der Waals surface area (Å²) in [5.41, 5.74) is 4.89. The number of hydrogen-bond donors (Lipinski definition) is 1. The number of carbonyl (C=O) groups excluding carboxylic acids is 1. The van der Waals surface area contributed by atoms with Crippen LogP contribution in [0.2, 0.25) is 5.02 Å². The predicted molar refractivity (Wildman–Crippen MR) is 113 cm³/mol. The van der Waals surface area contributed by atoms with Crippen LogP contribution in [0.3, 0.4) is 0 Å². The average Bonchev–Trinajstić information content (AvgIpc) is 3.21. The molecule has 1 N–H and O–H groups in total. The maximum absolute atomic E-state index is 12.5. The van der Waals surface area contributed by atoms with Crippen molar-refractivity contribution in [2.24, 2.45) is 5.10 Å². The number of nitrogens with zero attached hydrogens (tertiary/aromatic N) is 4. The van der Waals surface area contributed by atoms with Crippen molar-refractivity contribution in [1.82, 2.24) is 20.2 Å². The summed E-state index contributed by atoms with van der Waals surface area (Å²) in [5.74, 6) is 0.0897. The molecule has 142 valence electrons. The minimum absolute atomic E-state index is 0.0240. The van der Waals surface area contributed by atoms with E-state index >= 15 is 0 Å². The first-order valence-corrected chi connectivity index (χ1v) is 9.25. The second-order valence-electron chi connectivity index (χ2n) is 6.13. The van der Waals surface area contributed by atoms with E-state index in [1.807, 2.05) is 66.7 Å². The van der Waals surface area contributed by atoms with Crippen LogP contribution < -0.4 is 5.43 Å². The summed E-state index contributed by atoms with van der Waals surface area (Å²) < 4.78 is 1.64. The molecule has 1 heterocycles. The largest absolute Gasteiger partial charge is 0.311 e. The first-order valence-electron chi connectivity index (χ1n) is 8.87. The number of amides is 1. The van der Waals surface area contributed by atoms with Gasteiger partial charge in [-0.15, -0.1) is 5.10 Å². The van der Waals surface area contributed by atoms with E-state index in [-0.39, 0.29) is 5.82 Å². The Labute approximate surface area is 172 Å². The molecule has 0 spiro atoms. The van der Waals surface area contributed by atoms with Gasteiger partial charge in [0.25, 0.3) is 0 Å². The third kappa shape index (κ3) is 4.39. The van der Waals surface area contributed by atoms with Gasteiger partial charge in [0, 0.05) is 10.6 Å². The van der Waals surface area contributed by atoms with E-state index in [9.17, 15) is 4.79 Å². The molecule has 0 radical (unpaired) electrons. The van der Waals surface area contributed by atoms with Gasteiger partial charge in [0.05, 0.1) is 11.9 Å². The second kappa shape index (κ2) is 8.50. The van der Waals surface area contributed by atoms with Gasteiger partial charge in [0.1, 0.15) is 0 Å². The zero-order valence-electron chi connectivity index (χ0n) is 15.2. The highest BCUT2D eigenvalue weighted by Gasteiger charge is 2.18. The number of aromatic nitrogens is 3. The Bertz CT molecular complexity index is 1100. The van der Waals surface area contributed by atoms with Gasteiger partial charge in [-0.1, -0.05) is 72.3 Å². The number of carbonyl (C=O) groups is 1. The van der Waals surface area contributed by atoms with E-state index in [0.717, 1.165) is 16.8 Å². The Morgan fingerprint density at radius 1 is 0.966 bits per heavy atom. The van der Waals surface area contributed by atoms with Gasteiger partial charge in [-0.05, 0) is 29.8 Å².